The summed E-state index contributed by atoms with van der Waals surface area (Å²) in [4.78, 5) is 14.7. The van der Waals surface area contributed by atoms with Crippen LogP contribution in [0.4, 0.5) is 11.4 Å². The van der Waals surface area contributed by atoms with Crippen LogP contribution in [0, 0.1) is 0 Å². The molecule has 0 spiro atoms. The van der Waals surface area contributed by atoms with Crippen molar-refractivity contribution >= 4 is 28.9 Å². The van der Waals surface area contributed by atoms with E-state index in [9.17, 15) is 4.79 Å². The van der Waals surface area contributed by atoms with Crippen molar-refractivity contribution in [2.45, 2.75) is 45.4 Å². The second-order valence-corrected chi connectivity index (χ2v) is 7.81. The quantitative estimate of drug-likeness (QED) is 0.632. The van der Waals surface area contributed by atoms with Gasteiger partial charge in [-0.2, -0.15) is 0 Å². The third-order valence-electron chi connectivity index (χ3n) is 5.36. The summed E-state index contributed by atoms with van der Waals surface area (Å²) in [5.74, 6) is 1.03. The lowest BCUT2D eigenvalue weighted by atomic mass is 9.99. The normalized spacial score (nSPS) is 15.2. The van der Waals surface area contributed by atoms with Gasteiger partial charge in [-0.1, -0.05) is 43.6 Å². The van der Waals surface area contributed by atoms with E-state index in [1.165, 1.54) is 12.0 Å². The predicted octanol–water partition coefficient (Wildman–Crippen LogP) is 5.86. The molecule has 0 radical (unpaired) electrons. The molecule has 0 aromatic heterocycles. The molecular formula is C23H29ClN2O2. The van der Waals surface area contributed by atoms with E-state index in [2.05, 4.69) is 36.2 Å². The largest absolute Gasteiger partial charge is 0.484 e. The Hall–Kier alpha value is -2.20. The van der Waals surface area contributed by atoms with Gasteiger partial charge in [0, 0.05) is 13.1 Å². The molecule has 28 heavy (non-hydrogen) atoms. The number of rotatable bonds is 7. The molecule has 150 valence electrons. The first kappa shape index (κ1) is 20.5. The average molecular weight is 401 g/mol. The SMILES string of the molecule is CC[C@@H](C)c1ccc(OCC(=O)Nc2cccc(Cl)c2N2CCCCC2)cc1. The van der Waals surface area contributed by atoms with Crippen LogP contribution < -0.4 is 15.0 Å². The Bertz CT molecular complexity index is 786. The van der Waals surface area contributed by atoms with Crippen LogP contribution in [0.5, 0.6) is 5.75 Å². The standard InChI is InChI=1S/C23H29ClN2O2/c1-3-17(2)18-10-12-19(13-11-18)28-16-22(27)25-21-9-7-8-20(24)23(21)26-14-5-4-6-15-26/h7-13,17H,3-6,14-16H2,1-2H3,(H,25,27)/t17-/m1/s1. The Morgan fingerprint density at radius 2 is 1.86 bits per heavy atom. The van der Waals surface area contributed by atoms with Gasteiger partial charge in [0.05, 0.1) is 16.4 Å². The van der Waals surface area contributed by atoms with Gasteiger partial charge in [-0.25, -0.2) is 0 Å². The highest BCUT2D eigenvalue weighted by Gasteiger charge is 2.19. The molecule has 1 fully saturated rings. The van der Waals surface area contributed by atoms with Gasteiger partial charge in [0.2, 0.25) is 0 Å². The lowest BCUT2D eigenvalue weighted by molar-refractivity contribution is -0.118. The minimum absolute atomic E-state index is 0.0331. The monoisotopic (exact) mass is 400 g/mol. The Balaban J connectivity index is 1.61. The van der Waals surface area contributed by atoms with Crippen molar-refractivity contribution in [3.63, 3.8) is 0 Å². The second kappa shape index (κ2) is 9.83. The molecule has 1 N–H and O–H groups in total. The number of para-hydroxylation sites is 1. The van der Waals surface area contributed by atoms with Crippen molar-refractivity contribution in [1.82, 2.24) is 0 Å². The average Bonchev–Trinajstić information content (AvgIpc) is 2.73. The van der Waals surface area contributed by atoms with E-state index in [-0.39, 0.29) is 12.5 Å². The number of nitrogens with one attached hydrogen (secondary N) is 1. The number of hydrogen-bond acceptors (Lipinski definition) is 3. The van der Waals surface area contributed by atoms with Crippen molar-refractivity contribution < 1.29 is 9.53 Å². The Labute approximate surface area is 172 Å². The fraction of sp³-hybridized carbons (Fsp3) is 0.435. The van der Waals surface area contributed by atoms with Crippen molar-refractivity contribution in [3.05, 3.63) is 53.1 Å². The minimum Gasteiger partial charge on any atom is -0.484 e. The van der Waals surface area contributed by atoms with E-state index in [0.29, 0.717) is 16.7 Å². The van der Waals surface area contributed by atoms with Gasteiger partial charge in [0.1, 0.15) is 5.75 Å². The van der Waals surface area contributed by atoms with E-state index in [0.717, 1.165) is 43.7 Å². The maximum absolute atomic E-state index is 12.5. The van der Waals surface area contributed by atoms with E-state index < -0.39 is 0 Å². The first-order valence-corrected chi connectivity index (χ1v) is 10.5. The van der Waals surface area contributed by atoms with E-state index >= 15 is 0 Å². The van der Waals surface area contributed by atoms with Crippen LogP contribution >= 0.6 is 11.6 Å². The zero-order valence-electron chi connectivity index (χ0n) is 16.7. The number of piperidine rings is 1. The number of halogens is 1. The summed E-state index contributed by atoms with van der Waals surface area (Å²) in [5.41, 5.74) is 2.94. The van der Waals surface area contributed by atoms with Crippen LogP contribution in [-0.4, -0.2) is 25.6 Å². The number of hydrogen-bond donors (Lipinski definition) is 1. The molecular weight excluding hydrogens is 372 g/mol. The van der Waals surface area contributed by atoms with Crippen molar-refractivity contribution in [1.29, 1.82) is 0 Å². The lowest BCUT2D eigenvalue weighted by Crippen LogP contribution is -2.31. The Kier molecular flexibility index (Phi) is 7.21. The highest BCUT2D eigenvalue weighted by molar-refractivity contribution is 6.34. The molecule has 2 aromatic carbocycles. The van der Waals surface area contributed by atoms with Crippen LogP contribution in [0.1, 0.15) is 51.0 Å². The van der Waals surface area contributed by atoms with Gasteiger partial charge in [-0.3, -0.25) is 4.79 Å². The number of ether oxygens (including phenoxy) is 1. The highest BCUT2D eigenvalue weighted by atomic mass is 35.5. The van der Waals surface area contributed by atoms with E-state index in [4.69, 9.17) is 16.3 Å². The van der Waals surface area contributed by atoms with Crippen LogP contribution in [0.2, 0.25) is 5.02 Å². The third-order valence-corrected chi connectivity index (χ3v) is 5.67. The van der Waals surface area contributed by atoms with Crippen molar-refractivity contribution in [2.24, 2.45) is 0 Å². The molecule has 2 aromatic rings. The van der Waals surface area contributed by atoms with Crippen molar-refractivity contribution in [2.75, 3.05) is 29.9 Å². The molecule has 0 bridgehead atoms. The van der Waals surface area contributed by atoms with Crippen LogP contribution in [0.25, 0.3) is 0 Å². The molecule has 5 heteroatoms. The Morgan fingerprint density at radius 1 is 1.14 bits per heavy atom. The molecule has 0 aliphatic carbocycles. The molecule has 1 heterocycles. The first-order valence-electron chi connectivity index (χ1n) is 10.1. The van der Waals surface area contributed by atoms with Crippen LogP contribution in [0.15, 0.2) is 42.5 Å². The molecule has 0 unspecified atom stereocenters. The smallest absolute Gasteiger partial charge is 0.262 e. The van der Waals surface area contributed by atoms with Gasteiger partial charge < -0.3 is 15.0 Å². The van der Waals surface area contributed by atoms with Gasteiger partial charge in [0.25, 0.3) is 5.91 Å². The second-order valence-electron chi connectivity index (χ2n) is 7.40. The van der Waals surface area contributed by atoms with Gasteiger partial charge in [-0.15, -0.1) is 0 Å². The summed E-state index contributed by atoms with van der Waals surface area (Å²) in [6.07, 6.45) is 4.64. The maximum Gasteiger partial charge on any atom is 0.262 e. The highest BCUT2D eigenvalue weighted by Crippen LogP contribution is 2.35. The van der Waals surface area contributed by atoms with Gasteiger partial charge in [0.15, 0.2) is 6.61 Å². The summed E-state index contributed by atoms with van der Waals surface area (Å²) in [6.45, 7) is 6.27. The number of amides is 1. The predicted molar refractivity (Wildman–Crippen MR) is 117 cm³/mol. The minimum atomic E-state index is -0.188. The van der Waals surface area contributed by atoms with Crippen LogP contribution in [0.3, 0.4) is 0 Å². The molecule has 1 amide bonds. The van der Waals surface area contributed by atoms with Gasteiger partial charge in [-0.05, 0) is 61.4 Å². The summed E-state index contributed by atoms with van der Waals surface area (Å²) >= 11 is 6.45. The lowest BCUT2D eigenvalue weighted by Gasteiger charge is -2.31. The summed E-state index contributed by atoms with van der Waals surface area (Å²) in [6, 6.07) is 13.6. The zero-order chi connectivity index (χ0) is 19.9. The Morgan fingerprint density at radius 3 is 2.54 bits per heavy atom. The molecule has 1 saturated heterocycles. The molecule has 0 saturated carbocycles. The van der Waals surface area contributed by atoms with E-state index in [1.807, 2.05) is 30.3 Å². The summed E-state index contributed by atoms with van der Waals surface area (Å²) in [5, 5.41) is 3.64. The number of carbonyl (C=O) groups excluding carboxylic acids is 1. The first-order chi connectivity index (χ1) is 13.6. The fourth-order valence-corrected chi connectivity index (χ4v) is 3.81. The van der Waals surface area contributed by atoms with Crippen molar-refractivity contribution in [3.8, 4) is 5.75 Å². The van der Waals surface area contributed by atoms with E-state index in [1.54, 1.807) is 0 Å². The molecule has 1 atom stereocenters. The number of anilines is 2. The third kappa shape index (κ3) is 5.20. The number of carbonyl (C=O) groups is 1. The molecule has 1 aliphatic rings. The number of nitrogens with zero attached hydrogens (tertiary/aromatic N) is 1. The topological polar surface area (TPSA) is 41.6 Å². The fourth-order valence-electron chi connectivity index (χ4n) is 3.52. The molecule has 3 rings (SSSR count). The zero-order valence-corrected chi connectivity index (χ0v) is 17.5. The van der Waals surface area contributed by atoms with Crippen LogP contribution in [-0.2, 0) is 4.79 Å². The summed E-state index contributed by atoms with van der Waals surface area (Å²) in [7, 11) is 0. The molecule has 4 nitrogen and oxygen atoms in total. The molecule has 1 aliphatic heterocycles. The maximum atomic E-state index is 12.5. The number of benzene rings is 2. The summed E-state index contributed by atoms with van der Waals surface area (Å²) < 4.78 is 5.67. The van der Waals surface area contributed by atoms with Gasteiger partial charge >= 0.3 is 0 Å².